The quantitative estimate of drug-likeness (QED) is 0.786. The third-order valence-electron chi connectivity index (χ3n) is 3.68. The fourth-order valence-electron chi connectivity index (χ4n) is 2.11. The molecule has 0 radical (unpaired) electrons. The third kappa shape index (κ3) is 4.78. The highest BCUT2D eigenvalue weighted by atomic mass is 16.1. The van der Waals surface area contributed by atoms with E-state index < -0.39 is 0 Å². The zero-order valence-electron chi connectivity index (χ0n) is 12.6. The smallest absolute Gasteiger partial charge is 0.140 e. The summed E-state index contributed by atoms with van der Waals surface area (Å²) in [5.74, 6) is 0.516. The largest absolute Gasteiger partial charge is 0.327 e. The second kappa shape index (κ2) is 7.43. The zero-order chi connectivity index (χ0) is 14.4. The van der Waals surface area contributed by atoms with Crippen LogP contribution in [-0.4, -0.2) is 21.6 Å². The van der Waals surface area contributed by atoms with Crippen molar-refractivity contribution in [2.45, 2.75) is 65.5 Å². The van der Waals surface area contributed by atoms with Gasteiger partial charge in [0.1, 0.15) is 5.78 Å². The molecule has 0 aliphatic heterocycles. The summed E-state index contributed by atoms with van der Waals surface area (Å²) in [5, 5.41) is 4.50. The Balaban J connectivity index is 2.56. The van der Waals surface area contributed by atoms with Gasteiger partial charge in [-0.3, -0.25) is 9.48 Å². The van der Waals surface area contributed by atoms with Crippen LogP contribution in [0, 0.1) is 5.92 Å². The fourth-order valence-corrected chi connectivity index (χ4v) is 2.11. The first kappa shape index (κ1) is 15.9. The molecule has 0 spiro atoms. The average Bonchev–Trinajstić information content (AvgIpc) is 2.78. The van der Waals surface area contributed by atoms with Crippen molar-refractivity contribution in [3.05, 3.63) is 18.0 Å². The number of nitrogens with two attached hydrogens (primary N) is 1. The molecule has 1 heterocycles. The van der Waals surface area contributed by atoms with E-state index in [1.54, 1.807) is 0 Å². The highest BCUT2D eigenvalue weighted by molar-refractivity contribution is 5.81. The molecule has 0 aliphatic rings. The van der Waals surface area contributed by atoms with E-state index >= 15 is 0 Å². The summed E-state index contributed by atoms with van der Waals surface area (Å²) < 4.78 is 1.98. The van der Waals surface area contributed by atoms with Crippen LogP contribution in [0.2, 0.25) is 0 Å². The molecule has 108 valence electrons. The lowest BCUT2D eigenvalue weighted by atomic mass is 9.98. The van der Waals surface area contributed by atoms with Crippen molar-refractivity contribution < 1.29 is 4.79 Å². The number of rotatable bonds is 8. The Morgan fingerprint density at radius 3 is 2.53 bits per heavy atom. The molecular weight excluding hydrogens is 238 g/mol. The summed E-state index contributed by atoms with van der Waals surface area (Å²) >= 11 is 0. The summed E-state index contributed by atoms with van der Waals surface area (Å²) in [7, 11) is 0. The lowest BCUT2D eigenvalue weighted by Gasteiger charge is -2.14. The van der Waals surface area contributed by atoms with Crippen LogP contribution in [0.15, 0.2) is 12.3 Å². The Kier molecular flexibility index (Phi) is 6.22. The number of carbonyl (C=O) groups is 1. The number of Topliss-reactive ketones (excluding diaryl/α,β-unsaturated/α-hetero) is 1. The van der Waals surface area contributed by atoms with E-state index in [0.717, 1.165) is 18.5 Å². The minimum absolute atomic E-state index is 0.0476. The Hall–Kier alpha value is -1.16. The topological polar surface area (TPSA) is 60.9 Å². The lowest BCUT2D eigenvalue weighted by Crippen LogP contribution is -2.29. The normalized spacial score (nSPS) is 13.2. The highest BCUT2D eigenvalue weighted by Crippen LogP contribution is 2.15. The van der Waals surface area contributed by atoms with Crippen LogP contribution in [-0.2, 0) is 11.2 Å². The van der Waals surface area contributed by atoms with Gasteiger partial charge in [0, 0.05) is 18.7 Å². The molecule has 0 amide bonds. The Morgan fingerprint density at radius 1 is 1.37 bits per heavy atom. The molecule has 0 fully saturated rings. The maximum atomic E-state index is 11.9. The van der Waals surface area contributed by atoms with E-state index in [1.807, 2.05) is 30.8 Å². The van der Waals surface area contributed by atoms with Crippen molar-refractivity contribution in [1.82, 2.24) is 9.78 Å². The van der Waals surface area contributed by atoms with Crippen LogP contribution in [0.5, 0.6) is 0 Å². The molecule has 0 saturated carbocycles. The first-order valence-electron chi connectivity index (χ1n) is 7.29. The van der Waals surface area contributed by atoms with Gasteiger partial charge in [0.15, 0.2) is 0 Å². The molecule has 2 N–H and O–H groups in total. The standard InChI is InChI=1S/C15H27N3O/c1-5-13(6-2)18-8-7-12(17-18)9-14(19)10-15(16)11(3)4/h7-8,11,13,15H,5-6,9-10,16H2,1-4H3. The molecule has 19 heavy (non-hydrogen) atoms. The first-order valence-corrected chi connectivity index (χ1v) is 7.29. The molecule has 1 atom stereocenters. The molecule has 4 heteroatoms. The van der Waals surface area contributed by atoms with E-state index in [0.29, 0.717) is 24.8 Å². The maximum Gasteiger partial charge on any atom is 0.140 e. The molecule has 0 aliphatic carbocycles. The fraction of sp³-hybridized carbons (Fsp3) is 0.733. The lowest BCUT2D eigenvalue weighted by molar-refractivity contribution is -0.119. The number of nitrogens with zero attached hydrogens (tertiary/aromatic N) is 2. The molecule has 1 aromatic heterocycles. The minimum atomic E-state index is -0.0476. The van der Waals surface area contributed by atoms with Crippen molar-refractivity contribution in [2.24, 2.45) is 11.7 Å². The molecule has 0 aromatic carbocycles. The molecule has 4 nitrogen and oxygen atoms in total. The van der Waals surface area contributed by atoms with E-state index in [2.05, 4.69) is 18.9 Å². The van der Waals surface area contributed by atoms with Crippen LogP contribution < -0.4 is 5.73 Å². The van der Waals surface area contributed by atoms with Gasteiger partial charge in [-0.15, -0.1) is 0 Å². The van der Waals surface area contributed by atoms with Gasteiger partial charge in [0.2, 0.25) is 0 Å². The van der Waals surface area contributed by atoms with Gasteiger partial charge in [-0.25, -0.2) is 0 Å². The number of ketones is 1. The van der Waals surface area contributed by atoms with Crippen LogP contribution >= 0.6 is 0 Å². The molecular formula is C15H27N3O. The second-order valence-corrected chi connectivity index (χ2v) is 5.58. The molecule has 1 rings (SSSR count). The number of hydrogen-bond acceptors (Lipinski definition) is 3. The highest BCUT2D eigenvalue weighted by Gasteiger charge is 2.15. The van der Waals surface area contributed by atoms with E-state index in [9.17, 15) is 4.79 Å². The molecule has 0 bridgehead atoms. The Morgan fingerprint density at radius 2 is 2.00 bits per heavy atom. The molecule has 1 aromatic rings. The van der Waals surface area contributed by atoms with E-state index in [1.165, 1.54) is 0 Å². The summed E-state index contributed by atoms with van der Waals surface area (Å²) in [6, 6.07) is 2.33. The van der Waals surface area contributed by atoms with E-state index in [4.69, 9.17) is 5.73 Å². The predicted octanol–water partition coefficient (Wildman–Crippen LogP) is 2.73. The van der Waals surface area contributed by atoms with Gasteiger partial charge in [0.05, 0.1) is 18.2 Å². The first-order chi connectivity index (χ1) is 8.97. The zero-order valence-corrected chi connectivity index (χ0v) is 12.6. The summed E-state index contributed by atoms with van der Waals surface area (Å²) in [5.41, 5.74) is 6.78. The second-order valence-electron chi connectivity index (χ2n) is 5.58. The van der Waals surface area contributed by atoms with Crippen molar-refractivity contribution in [1.29, 1.82) is 0 Å². The summed E-state index contributed by atoms with van der Waals surface area (Å²) in [6.45, 7) is 8.39. The third-order valence-corrected chi connectivity index (χ3v) is 3.68. The predicted molar refractivity (Wildman–Crippen MR) is 78.0 cm³/mol. The number of aromatic nitrogens is 2. The molecule has 1 unspecified atom stereocenters. The van der Waals surface area contributed by atoms with Crippen molar-refractivity contribution in [3.63, 3.8) is 0 Å². The maximum absolute atomic E-state index is 11.9. The van der Waals surface area contributed by atoms with Crippen LogP contribution in [0.3, 0.4) is 0 Å². The summed E-state index contributed by atoms with van der Waals surface area (Å²) in [4.78, 5) is 11.9. The Labute approximate surface area is 116 Å². The number of hydrogen-bond donors (Lipinski definition) is 1. The van der Waals surface area contributed by atoms with Gasteiger partial charge in [-0.2, -0.15) is 5.10 Å². The molecule has 0 saturated heterocycles. The van der Waals surface area contributed by atoms with E-state index in [-0.39, 0.29) is 11.8 Å². The Bertz CT molecular complexity index is 394. The van der Waals surface area contributed by atoms with Gasteiger partial charge in [-0.05, 0) is 24.8 Å². The summed E-state index contributed by atoms with van der Waals surface area (Å²) in [6.07, 6.45) is 4.93. The van der Waals surface area contributed by atoms with Gasteiger partial charge in [-0.1, -0.05) is 27.7 Å². The van der Waals surface area contributed by atoms with Gasteiger partial charge < -0.3 is 5.73 Å². The minimum Gasteiger partial charge on any atom is -0.327 e. The van der Waals surface area contributed by atoms with Crippen molar-refractivity contribution >= 4 is 5.78 Å². The van der Waals surface area contributed by atoms with Gasteiger partial charge >= 0.3 is 0 Å². The van der Waals surface area contributed by atoms with Crippen molar-refractivity contribution in [2.75, 3.05) is 0 Å². The average molecular weight is 265 g/mol. The number of carbonyl (C=O) groups excluding carboxylic acids is 1. The van der Waals surface area contributed by atoms with Crippen molar-refractivity contribution in [3.8, 4) is 0 Å². The van der Waals surface area contributed by atoms with Gasteiger partial charge in [0.25, 0.3) is 0 Å². The SMILES string of the molecule is CCC(CC)n1ccc(CC(=O)CC(N)C(C)C)n1. The van der Waals surface area contributed by atoms with Crippen LogP contribution in [0.25, 0.3) is 0 Å². The van der Waals surface area contributed by atoms with Crippen LogP contribution in [0.4, 0.5) is 0 Å². The van der Waals surface area contributed by atoms with Crippen LogP contribution in [0.1, 0.15) is 58.7 Å². The monoisotopic (exact) mass is 265 g/mol.